The monoisotopic (exact) mass is 331 g/mol. The predicted molar refractivity (Wildman–Crippen MR) is 86.4 cm³/mol. The first-order valence-corrected chi connectivity index (χ1v) is 7.70. The van der Waals surface area contributed by atoms with Gasteiger partial charge in [-0.25, -0.2) is 0 Å². The van der Waals surface area contributed by atoms with Crippen LogP contribution in [-0.2, 0) is 13.0 Å². The van der Waals surface area contributed by atoms with E-state index < -0.39 is 0 Å². The van der Waals surface area contributed by atoms with Gasteiger partial charge in [-0.15, -0.1) is 0 Å². The SMILES string of the molecule is Cc1c(Br)cccc1CNc1ccc2c(c1)OC(C)C2. The van der Waals surface area contributed by atoms with E-state index in [1.165, 1.54) is 16.7 Å². The van der Waals surface area contributed by atoms with Crippen LogP contribution in [0.4, 0.5) is 5.69 Å². The number of nitrogens with one attached hydrogen (secondary N) is 1. The number of halogens is 1. The minimum atomic E-state index is 0.299. The summed E-state index contributed by atoms with van der Waals surface area (Å²) in [5.74, 6) is 1.02. The van der Waals surface area contributed by atoms with Crippen molar-refractivity contribution in [2.24, 2.45) is 0 Å². The van der Waals surface area contributed by atoms with Gasteiger partial charge in [-0.2, -0.15) is 0 Å². The molecule has 0 saturated heterocycles. The Kier molecular flexibility index (Phi) is 3.70. The summed E-state index contributed by atoms with van der Waals surface area (Å²) in [4.78, 5) is 0. The highest BCUT2D eigenvalue weighted by molar-refractivity contribution is 9.10. The van der Waals surface area contributed by atoms with Gasteiger partial charge in [0.05, 0.1) is 0 Å². The molecule has 2 aromatic rings. The summed E-state index contributed by atoms with van der Waals surface area (Å²) in [5.41, 5.74) is 5.00. The highest BCUT2D eigenvalue weighted by Crippen LogP contribution is 2.31. The summed E-state index contributed by atoms with van der Waals surface area (Å²) in [6.45, 7) is 5.06. The first-order chi connectivity index (χ1) is 9.63. The molecule has 0 aromatic heterocycles. The number of anilines is 1. The molecule has 1 N–H and O–H groups in total. The fourth-order valence-corrected chi connectivity index (χ4v) is 2.96. The fourth-order valence-electron chi connectivity index (χ4n) is 2.55. The quantitative estimate of drug-likeness (QED) is 0.880. The van der Waals surface area contributed by atoms with E-state index in [1.807, 2.05) is 0 Å². The second-order valence-electron chi connectivity index (χ2n) is 5.33. The minimum absolute atomic E-state index is 0.299. The summed E-state index contributed by atoms with van der Waals surface area (Å²) in [6, 6.07) is 12.7. The molecule has 0 saturated carbocycles. The number of rotatable bonds is 3. The van der Waals surface area contributed by atoms with Gasteiger partial charge in [0.2, 0.25) is 0 Å². The molecule has 1 atom stereocenters. The Balaban J connectivity index is 1.73. The van der Waals surface area contributed by atoms with Crippen molar-refractivity contribution in [1.29, 1.82) is 0 Å². The summed E-state index contributed by atoms with van der Waals surface area (Å²) >= 11 is 3.57. The lowest BCUT2D eigenvalue weighted by Gasteiger charge is -2.11. The smallest absolute Gasteiger partial charge is 0.125 e. The molecule has 0 radical (unpaired) electrons. The van der Waals surface area contributed by atoms with Crippen molar-refractivity contribution in [3.8, 4) is 5.75 Å². The third-order valence-corrected chi connectivity index (χ3v) is 4.62. The number of ether oxygens (including phenoxy) is 1. The zero-order valence-corrected chi connectivity index (χ0v) is 13.3. The molecule has 1 unspecified atom stereocenters. The van der Waals surface area contributed by atoms with Crippen LogP contribution in [0.5, 0.6) is 5.75 Å². The van der Waals surface area contributed by atoms with Gasteiger partial charge in [-0.05, 0) is 42.7 Å². The Morgan fingerprint density at radius 2 is 2.15 bits per heavy atom. The van der Waals surface area contributed by atoms with Crippen LogP contribution >= 0.6 is 15.9 Å². The summed E-state index contributed by atoms with van der Waals surface area (Å²) in [5, 5.41) is 3.47. The van der Waals surface area contributed by atoms with E-state index >= 15 is 0 Å². The highest BCUT2D eigenvalue weighted by atomic mass is 79.9. The zero-order valence-electron chi connectivity index (χ0n) is 11.7. The average Bonchev–Trinajstić information content (AvgIpc) is 2.79. The molecule has 2 aromatic carbocycles. The van der Waals surface area contributed by atoms with E-state index in [0.717, 1.165) is 28.9 Å². The largest absolute Gasteiger partial charge is 0.490 e. The molecule has 1 heterocycles. The van der Waals surface area contributed by atoms with E-state index in [1.54, 1.807) is 0 Å². The third-order valence-electron chi connectivity index (χ3n) is 3.77. The lowest BCUT2D eigenvalue weighted by Crippen LogP contribution is -2.05. The second-order valence-corrected chi connectivity index (χ2v) is 6.19. The molecule has 104 valence electrons. The van der Waals surface area contributed by atoms with Crippen LogP contribution in [0.2, 0.25) is 0 Å². The highest BCUT2D eigenvalue weighted by Gasteiger charge is 2.18. The molecule has 0 bridgehead atoms. The molecule has 20 heavy (non-hydrogen) atoms. The minimum Gasteiger partial charge on any atom is -0.490 e. The van der Waals surface area contributed by atoms with Gasteiger partial charge in [0.15, 0.2) is 0 Å². The number of hydrogen-bond donors (Lipinski definition) is 1. The lowest BCUT2D eigenvalue weighted by molar-refractivity contribution is 0.255. The van der Waals surface area contributed by atoms with Crippen molar-refractivity contribution in [2.45, 2.75) is 32.9 Å². The molecule has 0 aliphatic carbocycles. The average molecular weight is 332 g/mol. The van der Waals surface area contributed by atoms with Gasteiger partial charge in [0, 0.05) is 29.2 Å². The molecule has 0 fully saturated rings. The molecule has 2 nitrogen and oxygen atoms in total. The van der Waals surface area contributed by atoms with Gasteiger partial charge in [-0.1, -0.05) is 34.1 Å². The Labute approximate surface area is 128 Å². The van der Waals surface area contributed by atoms with E-state index in [9.17, 15) is 0 Å². The van der Waals surface area contributed by atoms with Crippen LogP contribution in [0.1, 0.15) is 23.6 Å². The van der Waals surface area contributed by atoms with Crippen molar-refractivity contribution in [3.63, 3.8) is 0 Å². The van der Waals surface area contributed by atoms with Gasteiger partial charge < -0.3 is 10.1 Å². The maximum absolute atomic E-state index is 5.79. The summed E-state index contributed by atoms with van der Waals surface area (Å²) in [7, 11) is 0. The molecule has 0 amide bonds. The molecule has 3 heteroatoms. The summed E-state index contributed by atoms with van der Waals surface area (Å²) < 4.78 is 6.95. The number of hydrogen-bond acceptors (Lipinski definition) is 2. The summed E-state index contributed by atoms with van der Waals surface area (Å²) in [6.07, 6.45) is 1.31. The predicted octanol–water partition coefficient (Wildman–Crippen LogP) is 4.69. The van der Waals surface area contributed by atoms with Crippen LogP contribution in [-0.4, -0.2) is 6.10 Å². The maximum Gasteiger partial charge on any atom is 0.125 e. The van der Waals surface area contributed by atoms with Gasteiger partial charge in [0.1, 0.15) is 11.9 Å². The van der Waals surface area contributed by atoms with E-state index in [2.05, 4.69) is 71.5 Å². The Hall–Kier alpha value is -1.48. The molecule has 1 aliphatic heterocycles. The van der Waals surface area contributed by atoms with Crippen molar-refractivity contribution in [3.05, 3.63) is 57.6 Å². The number of benzene rings is 2. The molecular formula is C17H18BrNO. The van der Waals surface area contributed by atoms with E-state index in [4.69, 9.17) is 4.74 Å². The molecule has 0 spiro atoms. The zero-order chi connectivity index (χ0) is 14.1. The first kappa shape index (κ1) is 13.5. The van der Waals surface area contributed by atoms with Gasteiger partial charge in [0.25, 0.3) is 0 Å². The van der Waals surface area contributed by atoms with Crippen molar-refractivity contribution < 1.29 is 4.74 Å². The van der Waals surface area contributed by atoms with Crippen LogP contribution in [0.25, 0.3) is 0 Å². The van der Waals surface area contributed by atoms with Crippen LogP contribution in [0.15, 0.2) is 40.9 Å². The molecular weight excluding hydrogens is 314 g/mol. The molecule has 3 rings (SSSR count). The maximum atomic E-state index is 5.79. The Morgan fingerprint density at radius 3 is 3.00 bits per heavy atom. The first-order valence-electron chi connectivity index (χ1n) is 6.91. The van der Waals surface area contributed by atoms with E-state index in [0.29, 0.717) is 6.10 Å². The van der Waals surface area contributed by atoms with Crippen molar-refractivity contribution in [2.75, 3.05) is 5.32 Å². The van der Waals surface area contributed by atoms with Crippen molar-refractivity contribution >= 4 is 21.6 Å². The van der Waals surface area contributed by atoms with Gasteiger partial charge in [-0.3, -0.25) is 0 Å². The standard InChI is InChI=1S/C17H18BrNO/c1-11-8-13-6-7-15(9-17(13)20-11)19-10-14-4-3-5-16(18)12(14)2/h3-7,9,11,19H,8,10H2,1-2H3. The van der Waals surface area contributed by atoms with E-state index in [-0.39, 0.29) is 0 Å². The lowest BCUT2D eigenvalue weighted by atomic mass is 10.1. The van der Waals surface area contributed by atoms with Crippen LogP contribution < -0.4 is 10.1 Å². The second kappa shape index (κ2) is 5.49. The van der Waals surface area contributed by atoms with Crippen LogP contribution in [0, 0.1) is 6.92 Å². The Morgan fingerprint density at radius 1 is 1.30 bits per heavy atom. The number of fused-ring (bicyclic) bond motifs is 1. The van der Waals surface area contributed by atoms with Crippen molar-refractivity contribution in [1.82, 2.24) is 0 Å². The topological polar surface area (TPSA) is 21.3 Å². The van der Waals surface area contributed by atoms with Crippen LogP contribution in [0.3, 0.4) is 0 Å². The van der Waals surface area contributed by atoms with Gasteiger partial charge >= 0.3 is 0 Å². The molecule has 1 aliphatic rings. The third kappa shape index (κ3) is 2.68. The normalized spacial score (nSPS) is 16.6. The fraction of sp³-hybridized carbons (Fsp3) is 0.294. The Bertz CT molecular complexity index is 639.